The van der Waals surface area contributed by atoms with Gasteiger partial charge in [0.2, 0.25) is 5.89 Å². The number of nitrogens with one attached hydrogen (secondary N) is 1. The first kappa shape index (κ1) is 13.8. The number of aryl methyl sites for hydroxylation is 3. The van der Waals surface area contributed by atoms with E-state index in [1.54, 1.807) is 26.0 Å². The summed E-state index contributed by atoms with van der Waals surface area (Å²) in [6, 6.07) is 3.94. The van der Waals surface area contributed by atoms with Gasteiger partial charge in [-0.15, -0.1) is 16.7 Å². The molecule has 0 unspecified atom stereocenters. The van der Waals surface area contributed by atoms with Gasteiger partial charge in [-0.2, -0.15) is 0 Å². The summed E-state index contributed by atoms with van der Waals surface area (Å²) in [5, 5.41) is 10.7. The van der Waals surface area contributed by atoms with Crippen molar-refractivity contribution in [3.05, 3.63) is 40.5 Å². The molecule has 0 amide bonds. The van der Waals surface area contributed by atoms with E-state index in [2.05, 4.69) is 15.5 Å². The Balaban J connectivity index is 2.01. The Hall–Kier alpha value is -1.62. The summed E-state index contributed by atoms with van der Waals surface area (Å²) in [4.78, 5) is 0. The number of hydrogen-bond donors (Lipinski definition) is 1. The van der Waals surface area contributed by atoms with Gasteiger partial charge in [0.25, 0.3) is 0 Å². The Morgan fingerprint density at radius 2 is 1.95 bits per heavy atom. The Bertz CT molecular complexity index is 548. The first-order valence-electron chi connectivity index (χ1n) is 5.98. The van der Waals surface area contributed by atoms with Gasteiger partial charge in [0.05, 0.1) is 0 Å². The highest BCUT2D eigenvalue weighted by Crippen LogP contribution is 2.16. The van der Waals surface area contributed by atoms with E-state index in [0.29, 0.717) is 41.9 Å². The van der Waals surface area contributed by atoms with E-state index >= 15 is 0 Å². The molecule has 0 radical (unpaired) electrons. The average Bonchev–Trinajstić information content (AvgIpc) is 2.81. The zero-order chi connectivity index (χ0) is 13.8. The van der Waals surface area contributed by atoms with E-state index in [-0.39, 0.29) is 5.82 Å². The molecule has 102 valence electrons. The molecule has 0 bridgehead atoms. The average molecular weight is 284 g/mol. The lowest BCUT2D eigenvalue weighted by Crippen LogP contribution is -2.01. The molecule has 6 heteroatoms. The van der Waals surface area contributed by atoms with Crippen molar-refractivity contribution in [1.29, 1.82) is 0 Å². The first-order chi connectivity index (χ1) is 9.10. The standard InChI is InChI=1S/C13H15ClFN3O/c1-8-5-10(6-9(2)12(8)15)7-16-13-18-17-11(19-13)3-4-14/h5-6H,3-4,7H2,1-2H3,(H,16,18). The van der Waals surface area contributed by atoms with Crippen molar-refractivity contribution in [2.75, 3.05) is 11.2 Å². The molecular formula is C13H15ClFN3O. The minimum atomic E-state index is -0.161. The lowest BCUT2D eigenvalue weighted by molar-refractivity contribution is 0.512. The predicted octanol–water partition coefficient (Wildman–Crippen LogP) is 3.22. The van der Waals surface area contributed by atoms with E-state index < -0.39 is 0 Å². The van der Waals surface area contributed by atoms with E-state index in [1.165, 1.54) is 0 Å². The minimum absolute atomic E-state index is 0.161. The van der Waals surface area contributed by atoms with Gasteiger partial charge in [0.1, 0.15) is 5.82 Å². The number of halogens is 2. The maximum atomic E-state index is 13.5. The number of benzene rings is 1. The topological polar surface area (TPSA) is 51.0 Å². The Morgan fingerprint density at radius 3 is 2.58 bits per heavy atom. The molecular weight excluding hydrogens is 269 g/mol. The summed E-state index contributed by atoms with van der Waals surface area (Å²) in [5.74, 6) is 0.785. The summed E-state index contributed by atoms with van der Waals surface area (Å²) in [5.41, 5.74) is 2.23. The van der Waals surface area contributed by atoms with E-state index in [1.807, 2.05) is 0 Å². The van der Waals surface area contributed by atoms with Crippen LogP contribution < -0.4 is 5.32 Å². The van der Waals surface area contributed by atoms with Crippen molar-refractivity contribution in [3.8, 4) is 0 Å². The van der Waals surface area contributed by atoms with Crippen LogP contribution in [0, 0.1) is 19.7 Å². The van der Waals surface area contributed by atoms with Crippen LogP contribution in [0.4, 0.5) is 10.4 Å². The molecule has 0 aliphatic heterocycles. The predicted molar refractivity (Wildman–Crippen MR) is 71.9 cm³/mol. The molecule has 1 aromatic heterocycles. The summed E-state index contributed by atoms with van der Waals surface area (Å²) < 4.78 is 18.8. The number of aromatic nitrogens is 2. The van der Waals surface area contributed by atoms with Gasteiger partial charge in [-0.3, -0.25) is 0 Å². The van der Waals surface area contributed by atoms with E-state index in [9.17, 15) is 4.39 Å². The van der Waals surface area contributed by atoms with Gasteiger partial charge >= 0.3 is 6.01 Å². The summed E-state index contributed by atoms with van der Waals surface area (Å²) in [6.07, 6.45) is 0.547. The van der Waals surface area contributed by atoms with Gasteiger partial charge in [-0.05, 0) is 30.5 Å². The molecule has 0 atom stereocenters. The highest BCUT2D eigenvalue weighted by molar-refractivity contribution is 6.17. The maximum Gasteiger partial charge on any atom is 0.315 e. The molecule has 0 aliphatic carbocycles. The van der Waals surface area contributed by atoms with Gasteiger partial charge in [-0.25, -0.2) is 4.39 Å². The molecule has 19 heavy (non-hydrogen) atoms. The van der Waals surface area contributed by atoms with E-state index in [0.717, 1.165) is 5.56 Å². The largest absolute Gasteiger partial charge is 0.408 e. The Morgan fingerprint density at radius 1 is 1.26 bits per heavy atom. The zero-order valence-electron chi connectivity index (χ0n) is 10.8. The Labute approximate surface area is 116 Å². The maximum absolute atomic E-state index is 13.5. The van der Waals surface area contributed by atoms with E-state index in [4.69, 9.17) is 16.0 Å². The second-order valence-electron chi connectivity index (χ2n) is 4.34. The van der Waals surface area contributed by atoms with Gasteiger partial charge in [0.15, 0.2) is 0 Å². The number of anilines is 1. The van der Waals surface area contributed by atoms with Crippen molar-refractivity contribution in [3.63, 3.8) is 0 Å². The number of rotatable bonds is 5. The first-order valence-corrected chi connectivity index (χ1v) is 6.51. The van der Waals surface area contributed by atoms with Crippen molar-refractivity contribution >= 4 is 17.6 Å². The summed E-state index contributed by atoms with van der Waals surface area (Å²) >= 11 is 5.58. The number of hydrogen-bond acceptors (Lipinski definition) is 4. The highest BCUT2D eigenvalue weighted by atomic mass is 35.5. The van der Waals surface area contributed by atoms with Gasteiger partial charge in [-0.1, -0.05) is 17.2 Å². The highest BCUT2D eigenvalue weighted by Gasteiger charge is 2.07. The molecule has 0 aliphatic rings. The van der Waals surface area contributed by atoms with Gasteiger partial charge < -0.3 is 9.73 Å². The third-order valence-electron chi connectivity index (χ3n) is 2.72. The third kappa shape index (κ3) is 3.44. The normalized spacial score (nSPS) is 10.7. The van der Waals surface area contributed by atoms with Crippen molar-refractivity contribution < 1.29 is 8.81 Å². The molecule has 2 aromatic rings. The molecule has 1 aromatic carbocycles. The van der Waals surface area contributed by atoms with Crippen LogP contribution in [0.1, 0.15) is 22.6 Å². The molecule has 1 N–H and O–H groups in total. The molecule has 0 saturated carbocycles. The SMILES string of the molecule is Cc1cc(CNc2nnc(CCCl)o2)cc(C)c1F. The van der Waals surface area contributed by atoms with Crippen LogP contribution in [-0.4, -0.2) is 16.1 Å². The molecule has 4 nitrogen and oxygen atoms in total. The summed E-state index contributed by atoms with van der Waals surface area (Å²) in [7, 11) is 0. The lowest BCUT2D eigenvalue weighted by atomic mass is 10.1. The van der Waals surface area contributed by atoms with Crippen LogP contribution in [-0.2, 0) is 13.0 Å². The minimum Gasteiger partial charge on any atom is -0.408 e. The van der Waals surface area contributed by atoms with Crippen molar-refractivity contribution in [2.24, 2.45) is 0 Å². The van der Waals surface area contributed by atoms with Crippen LogP contribution >= 0.6 is 11.6 Å². The second-order valence-corrected chi connectivity index (χ2v) is 4.72. The molecule has 0 spiro atoms. The van der Waals surface area contributed by atoms with Crippen LogP contribution in [0.5, 0.6) is 0 Å². The zero-order valence-corrected chi connectivity index (χ0v) is 11.6. The molecule has 1 heterocycles. The molecule has 2 rings (SSSR count). The van der Waals surface area contributed by atoms with Crippen LogP contribution in [0.3, 0.4) is 0 Å². The molecule has 0 saturated heterocycles. The monoisotopic (exact) mass is 283 g/mol. The fraction of sp³-hybridized carbons (Fsp3) is 0.385. The van der Waals surface area contributed by atoms with Crippen LogP contribution in [0.25, 0.3) is 0 Å². The number of nitrogens with zero attached hydrogens (tertiary/aromatic N) is 2. The Kier molecular flexibility index (Phi) is 4.37. The fourth-order valence-corrected chi connectivity index (χ4v) is 1.98. The fourth-order valence-electron chi connectivity index (χ4n) is 1.82. The number of alkyl halides is 1. The molecule has 0 fully saturated rings. The van der Waals surface area contributed by atoms with Crippen LogP contribution in [0.15, 0.2) is 16.5 Å². The van der Waals surface area contributed by atoms with Gasteiger partial charge in [0, 0.05) is 18.8 Å². The smallest absolute Gasteiger partial charge is 0.315 e. The summed E-state index contributed by atoms with van der Waals surface area (Å²) in [6.45, 7) is 4.00. The lowest BCUT2D eigenvalue weighted by Gasteiger charge is -2.06. The van der Waals surface area contributed by atoms with Crippen LogP contribution in [0.2, 0.25) is 0 Å². The van der Waals surface area contributed by atoms with Crippen molar-refractivity contribution in [2.45, 2.75) is 26.8 Å². The third-order valence-corrected chi connectivity index (χ3v) is 2.90. The van der Waals surface area contributed by atoms with Crippen molar-refractivity contribution in [1.82, 2.24) is 10.2 Å². The second kappa shape index (κ2) is 6.02. The quantitative estimate of drug-likeness (QED) is 0.856.